The third kappa shape index (κ3) is 2.13. The first kappa shape index (κ1) is 13.3. The largest absolute Gasteiger partial charge is 0.405 e. The molecule has 1 aliphatic heterocycles. The van der Waals surface area contributed by atoms with E-state index >= 15 is 0 Å². The molecule has 22 heavy (non-hydrogen) atoms. The molecule has 3 heteroatoms. The van der Waals surface area contributed by atoms with E-state index in [4.69, 9.17) is 4.74 Å². The van der Waals surface area contributed by atoms with Gasteiger partial charge in [-0.05, 0) is 36.1 Å². The Morgan fingerprint density at radius 2 is 1.41 bits per heavy atom. The summed E-state index contributed by atoms with van der Waals surface area (Å²) in [6.45, 7) is 0. The maximum atomic E-state index is 12.1. The van der Waals surface area contributed by atoms with Crippen LogP contribution in [0.2, 0.25) is 0 Å². The van der Waals surface area contributed by atoms with Gasteiger partial charge in [0.05, 0.1) is 0 Å². The predicted octanol–water partition coefficient (Wildman–Crippen LogP) is 3.97. The highest BCUT2D eigenvalue weighted by molar-refractivity contribution is 6.08. The van der Waals surface area contributed by atoms with E-state index < -0.39 is 5.54 Å². The second-order valence-corrected chi connectivity index (χ2v) is 5.99. The van der Waals surface area contributed by atoms with Crippen LogP contribution >= 0.6 is 0 Å². The first-order chi connectivity index (χ1) is 10.8. The fourth-order valence-electron chi connectivity index (χ4n) is 3.28. The number of benzene rings is 2. The molecular formula is C19H17NO2. The van der Waals surface area contributed by atoms with E-state index in [1.165, 1.54) is 5.56 Å². The number of carbonyl (C=O) groups is 1. The highest BCUT2D eigenvalue weighted by Gasteiger charge is 2.47. The number of hydrogen-bond donors (Lipinski definition) is 0. The van der Waals surface area contributed by atoms with Gasteiger partial charge in [-0.15, -0.1) is 0 Å². The normalized spacial score (nSPS) is 19.3. The van der Waals surface area contributed by atoms with Gasteiger partial charge in [0.15, 0.2) is 5.54 Å². The van der Waals surface area contributed by atoms with E-state index in [1.54, 1.807) is 0 Å². The fraction of sp³-hybridized carbons (Fsp3) is 0.263. The van der Waals surface area contributed by atoms with Crippen molar-refractivity contribution in [1.82, 2.24) is 0 Å². The lowest BCUT2D eigenvalue weighted by Crippen LogP contribution is -2.29. The van der Waals surface area contributed by atoms with Crippen molar-refractivity contribution >= 4 is 11.9 Å². The van der Waals surface area contributed by atoms with Gasteiger partial charge < -0.3 is 4.74 Å². The second kappa shape index (κ2) is 5.09. The van der Waals surface area contributed by atoms with Crippen LogP contribution in [0.15, 0.2) is 59.6 Å². The summed E-state index contributed by atoms with van der Waals surface area (Å²) in [5.41, 5.74) is 2.60. The highest BCUT2D eigenvalue weighted by Crippen LogP contribution is 2.38. The summed E-state index contributed by atoms with van der Waals surface area (Å²) in [6, 6.07) is 18.2. The molecule has 2 aromatic rings. The third-order valence-electron chi connectivity index (χ3n) is 4.55. The standard InChI is InChI=1S/C19H17NO2/c21-18-19(12-4-5-13-19)20-17(22-18)16-10-8-15(9-11-16)14-6-2-1-3-7-14/h1-3,6-11H,4-5,12-13H2. The van der Waals surface area contributed by atoms with E-state index in [0.29, 0.717) is 5.90 Å². The van der Waals surface area contributed by atoms with E-state index in [2.05, 4.69) is 17.1 Å². The van der Waals surface area contributed by atoms with Gasteiger partial charge in [0.25, 0.3) is 0 Å². The van der Waals surface area contributed by atoms with Crippen LogP contribution < -0.4 is 0 Å². The molecule has 4 rings (SSSR count). The lowest BCUT2D eigenvalue weighted by Gasteiger charge is -2.12. The fourth-order valence-corrected chi connectivity index (χ4v) is 3.28. The molecule has 1 spiro atoms. The number of nitrogens with zero attached hydrogens (tertiary/aromatic N) is 1. The van der Waals surface area contributed by atoms with Crippen LogP contribution in [0, 0.1) is 0 Å². The van der Waals surface area contributed by atoms with Crippen molar-refractivity contribution in [3.63, 3.8) is 0 Å². The molecule has 2 aromatic carbocycles. The molecule has 1 heterocycles. The Labute approximate surface area is 129 Å². The first-order valence-electron chi connectivity index (χ1n) is 7.75. The number of aliphatic imine (C=N–C) groups is 1. The molecule has 2 aliphatic rings. The zero-order valence-electron chi connectivity index (χ0n) is 12.3. The summed E-state index contributed by atoms with van der Waals surface area (Å²) in [5, 5.41) is 0. The molecule has 0 radical (unpaired) electrons. The Kier molecular flexibility index (Phi) is 3.07. The van der Waals surface area contributed by atoms with Crippen molar-refractivity contribution in [1.29, 1.82) is 0 Å². The quantitative estimate of drug-likeness (QED) is 0.785. The topological polar surface area (TPSA) is 38.7 Å². The van der Waals surface area contributed by atoms with E-state index in [9.17, 15) is 4.79 Å². The molecule has 0 saturated heterocycles. The SMILES string of the molecule is O=C1OC(c2ccc(-c3ccccc3)cc2)=NC12CCCC2. The van der Waals surface area contributed by atoms with Gasteiger partial charge in [0.2, 0.25) is 5.90 Å². The monoisotopic (exact) mass is 291 g/mol. The maximum absolute atomic E-state index is 12.1. The average Bonchev–Trinajstić information content (AvgIpc) is 3.17. The van der Waals surface area contributed by atoms with E-state index in [1.807, 2.05) is 42.5 Å². The van der Waals surface area contributed by atoms with Crippen LogP contribution in [0.4, 0.5) is 0 Å². The Bertz CT molecular complexity index is 726. The number of cyclic esters (lactones) is 1. The van der Waals surface area contributed by atoms with Gasteiger partial charge in [-0.1, -0.05) is 55.3 Å². The number of hydrogen-bond acceptors (Lipinski definition) is 3. The van der Waals surface area contributed by atoms with Gasteiger partial charge >= 0.3 is 5.97 Å². The number of rotatable bonds is 2. The van der Waals surface area contributed by atoms with Crippen molar-refractivity contribution in [2.45, 2.75) is 31.2 Å². The molecule has 3 nitrogen and oxygen atoms in total. The Morgan fingerprint density at radius 1 is 0.818 bits per heavy atom. The van der Waals surface area contributed by atoms with Crippen LogP contribution in [-0.2, 0) is 9.53 Å². The van der Waals surface area contributed by atoms with Crippen molar-refractivity contribution in [2.24, 2.45) is 4.99 Å². The first-order valence-corrected chi connectivity index (χ1v) is 7.75. The van der Waals surface area contributed by atoms with Gasteiger partial charge in [0.1, 0.15) is 0 Å². The number of carbonyl (C=O) groups excluding carboxylic acids is 1. The van der Waals surface area contributed by atoms with Crippen LogP contribution in [0.1, 0.15) is 31.2 Å². The molecule has 0 amide bonds. The van der Waals surface area contributed by atoms with Gasteiger partial charge in [-0.3, -0.25) is 0 Å². The molecule has 0 atom stereocenters. The minimum Gasteiger partial charge on any atom is -0.405 e. The minimum atomic E-state index is -0.590. The molecular weight excluding hydrogens is 274 g/mol. The lowest BCUT2D eigenvalue weighted by molar-refractivity contribution is -0.138. The Hall–Kier alpha value is -2.42. The molecule has 0 bridgehead atoms. The minimum absolute atomic E-state index is 0.174. The van der Waals surface area contributed by atoms with E-state index in [0.717, 1.165) is 36.8 Å². The zero-order chi connectivity index (χ0) is 15.0. The third-order valence-corrected chi connectivity index (χ3v) is 4.55. The summed E-state index contributed by atoms with van der Waals surface area (Å²) in [4.78, 5) is 16.8. The second-order valence-electron chi connectivity index (χ2n) is 5.99. The summed E-state index contributed by atoms with van der Waals surface area (Å²) >= 11 is 0. The molecule has 1 fully saturated rings. The number of esters is 1. The molecule has 0 N–H and O–H groups in total. The highest BCUT2D eigenvalue weighted by atomic mass is 16.6. The van der Waals surface area contributed by atoms with Gasteiger partial charge in [-0.25, -0.2) is 9.79 Å². The van der Waals surface area contributed by atoms with Gasteiger partial charge in [0, 0.05) is 5.56 Å². The van der Waals surface area contributed by atoms with Gasteiger partial charge in [-0.2, -0.15) is 0 Å². The van der Waals surface area contributed by atoms with Crippen molar-refractivity contribution < 1.29 is 9.53 Å². The van der Waals surface area contributed by atoms with E-state index in [-0.39, 0.29) is 5.97 Å². The zero-order valence-corrected chi connectivity index (χ0v) is 12.3. The Balaban J connectivity index is 1.63. The number of ether oxygens (including phenoxy) is 1. The Morgan fingerprint density at radius 3 is 2.09 bits per heavy atom. The summed E-state index contributed by atoms with van der Waals surface area (Å²) in [5.74, 6) is 0.304. The molecule has 0 aromatic heterocycles. The van der Waals surface area contributed by atoms with Crippen LogP contribution in [0.3, 0.4) is 0 Å². The van der Waals surface area contributed by atoms with Crippen LogP contribution in [0.25, 0.3) is 11.1 Å². The smallest absolute Gasteiger partial charge is 0.340 e. The molecule has 1 saturated carbocycles. The van der Waals surface area contributed by atoms with Crippen LogP contribution in [-0.4, -0.2) is 17.4 Å². The summed E-state index contributed by atoms with van der Waals surface area (Å²) < 4.78 is 5.44. The lowest BCUT2D eigenvalue weighted by atomic mass is 10.00. The molecule has 1 aliphatic carbocycles. The average molecular weight is 291 g/mol. The van der Waals surface area contributed by atoms with Crippen LogP contribution in [0.5, 0.6) is 0 Å². The maximum Gasteiger partial charge on any atom is 0.340 e. The summed E-state index contributed by atoms with van der Waals surface area (Å²) in [6.07, 6.45) is 3.74. The van der Waals surface area contributed by atoms with Crippen molar-refractivity contribution in [2.75, 3.05) is 0 Å². The van der Waals surface area contributed by atoms with Crippen molar-refractivity contribution in [3.05, 3.63) is 60.2 Å². The molecule has 0 unspecified atom stereocenters. The summed E-state index contributed by atoms with van der Waals surface area (Å²) in [7, 11) is 0. The molecule has 110 valence electrons. The van der Waals surface area contributed by atoms with Crippen molar-refractivity contribution in [3.8, 4) is 11.1 Å². The predicted molar refractivity (Wildman–Crippen MR) is 85.7 cm³/mol.